The number of esters is 2. The molecule has 2 atom stereocenters. The zero-order chi connectivity index (χ0) is 15.5. The highest BCUT2D eigenvalue weighted by Crippen LogP contribution is 2.65. The second-order valence-corrected chi connectivity index (χ2v) is 6.83. The van der Waals surface area contributed by atoms with E-state index in [9.17, 15) is 9.59 Å². The summed E-state index contributed by atoms with van der Waals surface area (Å²) in [6.07, 6.45) is 1.18. The lowest BCUT2D eigenvalue weighted by Gasteiger charge is -2.34. The first-order chi connectivity index (χ1) is 9.74. The number of ether oxygens (including phenoxy) is 2. The Morgan fingerprint density at radius 3 is 2.38 bits per heavy atom. The van der Waals surface area contributed by atoms with Gasteiger partial charge >= 0.3 is 11.9 Å². The molecule has 0 N–H and O–H groups in total. The van der Waals surface area contributed by atoms with Crippen molar-refractivity contribution in [2.45, 2.75) is 46.1 Å². The Morgan fingerprint density at radius 2 is 1.86 bits per heavy atom. The molecule has 2 bridgehead atoms. The number of carbonyl (C=O) groups excluding carboxylic acids is 2. The maximum absolute atomic E-state index is 12.8. The van der Waals surface area contributed by atoms with Gasteiger partial charge in [-0.05, 0) is 38.3 Å². The van der Waals surface area contributed by atoms with Crippen LogP contribution in [0.1, 0.15) is 39.2 Å². The molecule has 2 unspecified atom stereocenters. The fourth-order valence-electron chi connectivity index (χ4n) is 3.56. The molecule has 1 heterocycles. The van der Waals surface area contributed by atoms with Crippen molar-refractivity contribution in [1.29, 1.82) is 0 Å². The number of hydrogen-bond donors (Lipinski definition) is 0. The summed E-state index contributed by atoms with van der Waals surface area (Å²) >= 11 is 0. The van der Waals surface area contributed by atoms with E-state index in [-0.39, 0.29) is 5.97 Å². The van der Waals surface area contributed by atoms with E-state index in [1.807, 2.05) is 45.9 Å². The normalized spacial score (nSPS) is 32.9. The van der Waals surface area contributed by atoms with E-state index in [4.69, 9.17) is 9.47 Å². The summed E-state index contributed by atoms with van der Waals surface area (Å²) < 4.78 is 11.1. The minimum absolute atomic E-state index is 0.291. The van der Waals surface area contributed by atoms with Gasteiger partial charge in [-0.15, -0.1) is 0 Å². The summed E-state index contributed by atoms with van der Waals surface area (Å²) in [5.74, 6) is -0.235. The van der Waals surface area contributed by atoms with Crippen LogP contribution >= 0.6 is 0 Å². The molecule has 4 nitrogen and oxygen atoms in total. The van der Waals surface area contributed by atoms with Crippen LogP contribution in [0.4, 0.5) is 0 Å². The molecule has 2 aliphatic rings. The van der Waals surface area contributed by atoms with Crippen molar-refractivity contribution in [2.24, 2.45) is 10.8 Å². The summed E-state index contributed by atoms with van der Waals surface area (Å²) in [5.41, 5.74) is -1.47. The SMILES string of the molecule is Cc1ccccc1OC(=O)C12CCC(C)(C(=O)O1)C2(C)C. The molecule has 0 radical (unpaired) electrons. The zero-order valence-corrected chi connectivity index (χ0v) is 12.9. The number of fused-ring (bicyclic) bond motifs is 2. The van der Waals surface area contributed by atoms with Crippen LogP contribution in [0.2, 0.25) is 0 Å². The van der Waals surface area contributed by atoms with E-state index in [0.717, 1.165) is 5.56 Å². The van der Waals surface area contributed by atoms with E-state index >= 15 is 0 Å². The minimum atomic E-state index is -1.17. The largest absolute Gasteiger partial charge is 0.446 e. The molecule has 1 saturated heterocycles. The first kappa shape index (κ1) is 14.1. The van der Waals surface area contributed by atoms with Crippen molar-refractivity contribution in [3.63, 3.8) is 0 Å². The van der Waals surface area contributed by atoms with Crippen LogP contribution in [0.25, 0.3) is 0 Å². The lowest BCUT2D eigenvalue weighted by molar-refractivity contribution is -0.176. The van der Waals surface area contributed by atoms with Crippen LogP contribution in [0.5, 0.6) is 5.75 Å². The topological polar surface area (TPSA) is 52.6 Å². The second-order valence-electron chi connectivity index (χ2n) is 6.83. The fraction of sp³-hybridized carbons (Fsp3) is 0.529. The second kappa shape index (κ2) is 4.09. The molecule has 1 aliphatic heterocycles. The zero-order valence-electron chi connectivity index (χ0n) is 12.9. The van der Waals surface area contributed by atoms with Gasteiger partial charge in [0.2, 0.25) is 5.60 Å². The third kappa shape index (κ3) is 1.56. The van der Waals surface area contributed by atoms with Gasteiger partial charge in [-0.2, -0.15) is 0 Å². The first-order valence-electron chi connectivity index (χ1n) is 7.26. The van der Waals surface area contributed by atoms with Crippen LogP contribution in [0.3, 0.4) is 0 Å². The van der Waals surface area contributed by atoms with Crippen molar-refractivity contribution in [3.05, 3.63) is 29.8 Å². The molecule has 0 amide bonds. The predicted octanol–water partition coefficient (Wildman–Crippen LogP) is 3.02. The molecule has 4 heteroatoms. The average molecular weight is 288 g/mol. The van der Waals surface area contributed by atoms with Gasteiger partial charge in [0.25, 0.3) is 0 Å². The van der Waals surface area contributed by atoms with Gasteiger partial charge in [-0.25, -0.2) is 4.79 Å². The molecule has 2 fully saturated rings. The highest BCUT2D eigenvalue weighted by atomic mass is 16.6. The molecule has 1 aromatic rings. The summed E-state index contributed by atoms with van der Waals surface area (Å²) in [7, 11) is 0. The number of hydrogen-bond acceptors (Lipinski definition) is 4. The number of benzene rings is 1. The van der Waals surface area contributed by atoms with Gasteiger partial charge < -0.3 is 9.47 Å². The van der Waals surface area contributed by atoms with Crippen molar-refractivity contribution < 1.29 is 19.1 Å². The van der Waals surface area contributed by atoms with Crippen LogP contribution < -0.4 is 4.74 Å². The number of para-hydroxylation sites is 1. The number of aryl methyl sites for hydroxylation is 1. The molecule has 1 aromatic carbocycles. The third-order valence-electron chi connectivity index (χ3n) is 5.71. The van der Waals surface area contributed by atoms with Crippen molar-refractivity contribution in [2.75, 3.05) is 0 Å². The molecule has 0 aromatic heterocycles. The average Bonchev–Trinajstić information content (AvgIpc) is 2.72. The highest BCUT2D eigenvalue weighted by Gasteiger charge is 2.76. The Hall–Kier alpha value is -1.84. The molecule has 1 saturated carbocycles. The smallest absolute Gasteiger partial charge is 0.356 e. The van der Waals surface area contributed by atoms with Crippen LogP contribution in [-0.2, 0) is 14.3 Å². The van der Waals surface area contributed by atoms with Gasteiger partial charge in [0, 0.05) is 5.41 Å². The molecule has 112 valence electrons. The van der Waals surface area contributed by atoms with Crippen molar-refractivity contribution >= 4 is 11.9 Å². The van der Waals surface area contributed by atoms with E-state index in [1.165, 1.54) is 0 Å². The molecule has 3 rings (SSSR count). The van der Waals surface area contributed by atoms with E-state index in [0.29, 0.717) is 18.6 Å². The molecular formula is C17H20O4. The van der Waals surface area contributed by atoms with E-state index in [1.54, 1.807) is 6.07 Å². The third-order valence-corrected chi connectivity index (χ3v) is 5.71. The summed E-state index contributed by atoms with van der Waals surface area (Å²) in [6, 6.07) is 7.33. The Labute approximate surface area is 124 Å². The van der Waals surface area contributed by atoms with Gasteiger partial charge in [0.05, 0.1) is 5.41 Å². The fourth-order valence-corrected chi connectivity index (χ4v) is 3.56. The minimum Gasteiger partial charge on any atom is -0.446 e. The molecule has 21 heavy (non-hydrogen) atoms. The predicted molar refractivity (Wildman–Crippen MR) is 76.8 cm³/mol. The van der Waals surface area contributed by atoms with Crippen molar-refractivity contribution in [1.82, 2.24) is 0 Å². The number of carbonyl (C=O) groups is 2. The monoisotopic (exact) mass is 288 g/mol. The summed E-state index contributed by atoms with van der Waals surface area (Å²) in [5, 5.41) is 0. The van der Waals surface area contributed by atoms with Crippen LogP contribution in [0.15, 0.2) is 24.3 Å². The molecular weight excluding hydrogens is 268 g/mol. The Kier molecular flexibility index (Phi) is 2.75. The number of rotatable bonds is 2. The summed E-state index contributed by atoms with van der Waals surface area (Å²) in [6.45, 7) is 7.60. The Morgan fingerprint density at radius 1 is 1.19 bits per heavy atom. The Balaban J connectivity index is 1.96. The van der Waals surface area contributed by atoms with Gasteiger partial charge in [-0.1, -0.05) is 32.0 Å². The van der Waals surface area contributed by atoms with Crippen LogP contribution in [-0.4, -0.2) is 17.5 Å². The maximum atomic E-state index is 12.8. The highest BCUT2D eigenvalue weighted by molar-refractivity contribution is 5.94. The van der Waals surface area contributed by atoms with Crippen molar-refractivity contribution in [3.8, 4) is 5.75 Å². The first-order valence-corrected chi connectivity index (χ1v) is 7.26. The maximum Gasteiger partial charge on any atom is 0.356 e. The molecule has 0 spiro atoms. The van der Waals surface area contributed by atoms with E-state index in [2.05, 4.69) is 0 Å². The van der Waals surface area contributed by atoms with Gasteiger partial charge in [0.15, 0.2) is 0 Å². The van der Waals surface area contributed by atoms with E-state index < -0.39 is 22.4 Å². The lowest BCUT2D eigenvalue weighted by atomic mass is 9.66. The quantitative estimate of drug-likeness (QED) is 0.620. The van der Waals surface area contributed by atoms with Gasteiger partial charge in [-0.3, -0.25) is 4.79 Å². The summed E-state index contributed by atoms with van der Waals surface area (Å²) in [4.78, 5) is 24.9. The lowest BCUT2D eigenvalue weighted by Crippen LogP contribution is -2.50. The van der Waals surface area contributed by atoms with Crippen LogP contribution in [0, 0.1) is 17.8 Å². The standard InChI is InChI=1S/C17H20O4/c1-11-7-5-6-8-12(11)20-14(19)17-10-9-16(4,13(18)21-17)15(17,2)3/h5-8H,9-10H2,1-4H3. The van der Waals surface area contributed by atoms with Gasteiger partial charge in [0.1, 0.15) is 5.75 Å². The Bertz CT molecular complexity index is 633. The molecule has 1 aliphatic carbocycles.